The maximum Gasteiger partial charge on any atom is 0.435 e. The summed E-state index contributed by atoms with van der Waals surface area (Å²) in [6.07, 6.45) is -5.73. The lowest BCUT2D eigenvalue weighted by Gasteiger charge is -2.14. The van der Waals surface area contributed by atoms with E-state index < -0.39 is 23.9 Å². The molecule has 0 saturated heterocycles. The smallest absolute Gasteiger partial charge is 0.384 e. The van der Waals surface area contributed by atoms with E-state index >= 15 is 0 Å². The Balaban J connectivity index is 1.66. The van der Waals surface area contributed by atoms with E-state index in [1.54, 1.807) is 36.4 Å². The standard InChI is InChI=1S/C26H19F3N4O2/c1-16-8-10-18(11-9-16)24(34)19-5-3-6-20(13-19)31-25(35)22-14-23(26(27,28)29)32-33(22)21-7-2-4-17(12-21)15-30/h2-14,24,34H,1H3,(H,31,35). The first-order valence-electron chi connectivity index (χ1n) is 10.5. The zero-order valence-electron chi connectivity index (χ0n) is 18.4. The molecule has 0 spiro atoms. The highest BCUT2D eigenvalue weighted by molar-refractivity contribution is 6.03. The summed E-state index contributed by atoms with van der Waals surface area (Å²) in [6, 6.07) is 22.0. The van der Waals surface area contributed by atoms with Crippen molar-refractivity contribution in [1.29, 1.82) is 5.26 Å². The van der Waals surface area contributed by atoms with Gasteiger partial charge >= 0.3 is 6.18 Å². The molecule has 1 unspecified atom stereocenters. The Morgan fingerprint density at radius 3 is 2.43 bits per heavy atom. The maximum atomic E-state index is 13.4. The van der Waals surface area contributed by atoms with E-state index in [-0.39, 0.29) is 22.6 Å². The zero-order chi connectivity index (χ0) is 25.2. The van der Waals surface area contributed by atoms with Gasteiger partial charge in [0.25, 0.3) is 5.91 Å². The van der Waals surface area contributed by atoms with E-state index in [1.807, 2.05) is 25.1 Å². The first-order valence-corrected chi connectivity index (χ1v) is 10.5. The number of hydrogen-bond acceptors (Lipinski definition) is 4. The van der Waals surface area contributed by atoms with Crippen molar-refractivity contribution in [3.8, 4) is 11.8 Å². The summed E-state index contributed by atoms with van der Waals surface area (Å²) in [4.78, 5) is 13.0. The predicted molar refractivity (Wildman–Crippen MR) is 123 cm³/mol. The minimum absolute atomic E-state index is 0.133. The van der Waals surface area contributed by atoms with Crippen LogP contribution in [-0.2, 0) is 6.18 Å². The van der Waals surface area contributed by atoms with E-state index in [9.17, 15) is 23.1 Å². The highest BCUT2D eigenvalue weighted by Crippen LogP contribution is 2.30. The lowest BCUT2D eigenvalue weighted by molar-refractivity contribution is -0.141. The lowest BCUT2D eigenvalue weighted by atomic mass is 10.00. The lowest BCUT2D eigenvalue weighted by Crippen LogP contribution is -2.17. The zero-order valence-corrected chi connectivity index (χ0v) is 18.4. The van der Waals surface area contributed by atoms with Gasteiger partial charge in [0.15, 0.2) is 5.69 Å². The van der Waals surface area contributed by atoms with Crippen LogP contribution in [0.4, 0.5) is 18.9 Å². The molecule has 0 bridgehead atoms. The molecule has 0 aliphatic carbocycles. The fraction of sp³-hybridized carbons (Fsp3) is 0.115. The van der Waals surface area contributed by atoms with Crippen LogP contribution in [-0.4, -0.2) is 20.8 Å². The van der Waals surface area contributed by atoms with Gasteiger partial charge in [0.05, 0.1) is 17.3 Å². The first-order chi connectivity index (χ1) is 16.7. The summed E-state index contributed by atoms with van der Waals surface area (Å²) in [5.41, 5.74) is 1.21. The van der Waals surface area contributed by atoms with Gasteiger partial charge < -0.3 is 10.4 Å². The number of amides is 1. The van der Waals surface area contributed by atoms with Gasteiger partial charge in [0, 0.05) is 11.8 Å². The number of benzene rings is 3. The fourth-order valence-electron chi connectivity index (χ4n) is 3.51. The molecule has 1 heterocycles. The molecule has 176 valence electrons. The van der Waals surface area contributed by atoms with Gasteiger partial charge in [-0.3, -0.25) is 4.79 Å². The summed E-state index contributed by atoms with van der Waals surface area (Å²) in [5.74, 6) is -0.836. The van der Waals surface area contributed by atoms with Crippen LogP contribution in [0.25, 0.3) is 5.69 Å². The fourth-order valence-corrected chi connectivity index (χ4v) is 3.51. The second kappa shape index (κ2) is 9.44. The van der Waals surface area contributed by atoms with Gasteiger partial charge in [-0.25, -0.2) is 4.68 Å². The molecule has 3 aromatic carbocycles. The van der Waals surface area contributed by atoms with Crippen LogP contribution in [0, 0.1) is 18.3 Å². The Morgan fingerprint density at radius 2 is 1.74 bits per heavy atom. The molecule has 0 radical (unpaired) electrons. The Kier molecular flexibility index (Phi) is 6.40. The summed E-state index contributed by atoms with van der Waals surface area (Å²) >= 11 is 0. The van der Waals surface area contributed by atoms with Crippen LogP contribution in [0.15, 0.2) is 78.9 Å². The number of hydrogen-bond donors (Lipinski definition) is 2. The Labute approximate surface area is 198 Å². The van der Waals surface area contributed by atoms with Gasteiger partial charge in [0.2, 0.25) is 0 Å². The molecule has 9 heteroatoms. The number of alkyl halides is 3. The number of nitriles is 1. The molecule has 0 aliphatic rings. The normalized spacial score (nSPS) is 12.1. The third-order valence-electron chi connectivity index (χ3n) is 5.31. The number of carbonyl (C=O) groups is 1. The molecule has 6 nitrogen and oxygen atoms in total. The maximum absolute atomic E-state index is 13.4. The van der Waals surface area contributed by atoms with Crippen molar-refractivity contribution in [3.05, 3.63) is 113 Å². The largest absolute Gasteiger partial charge is 0.435 e. The molecule has 4 rings (SSSR count). The summed E-state index contributed by atoms with van der Waals surface area (Å²) in [5, 5.41) is 26.0. The molecular formula is C26H19F3N4O2. The second-order valence-electron chi connectivity index (χ2n) is 7.88. The Morgan fingerprint density at radius 1 is 1.03 bits per heavy atom. The third kappa shape index (κ3) is 5.23. The number of nitrogens with zero attached hydrogens (tertiary/aromatic N) is 3. The minimum Gasteiger partial charge on any atom is -0.384 e. The molecule has 0 saturated carbocycles. The highest BCUT2D eigenvalue weighted by Gasteiger charge is 2.36. The van der Waals surface area contributed by atoms with Crippen molar-refractivity contribution in [3.63, 3.8) is 0 Å². The average molecular weight is 476 g/mol. The number of carbonyl (C=O) groups excluding carboxylic acids is 1. The highest BCUT2D eigenvalue weighted by atomic mass is 19.4. The van der Waals surface area contributed by atoms with Gasteiger partial charge in [0.1, 0.15) is 11.8 Å². The number of aryl methyl sites for hydroxylation is 1. The van der Waals surface area contributed by atoms with Gasteiger partial charge in [-0.1, -0.05) is 48.0 Å². The predicted octanol–water partition coefficient (Wildman–Crippen LogP) is 5.41. The molecule has 4 aromatic rings. The van der Waals surface area contributed by atoms with E-state index in [2.05, 4.69) is 10.4 Å². The summed E-state index contributed by atoms with van der Waals surface area (Å²) in [6.45, 7) is 1.93. The van der Waals surface area contributed by atoms with E-state index in [0.717, 1.165) is 10.2 Å². The topological polar surface area (TPSA) is 90.9 Å². The number of nitrogens with one attached hydrogen (secondary N) is 1. The van der Waals surface area contributed by atoms with Gasteiger partial charge in [-0.05, 0) is 48.4 Å². The van der Waals surface area contributed by atoms with Crippen LogP contribution in [0.1, 0.15) is 44.5 Å². The number of anilines is 1. The number of aliphatic hydroxyl groups is 1. The van der Waals surface area contributed by atoms with E-state index in [0.29, 0.717) is 17.2 Å². The van der Waals surface area contributed by atoms with Crippen molar-refractivity contribution >= 4 is 11.6 Å². The molecular weight excluding hydrogens is 457 g/mol. The van der Waals surface area contributed by atoms with Crippen LogP contribution in [0.2, 0.25) is 0 Å². The molecule has 1 atom stereocenters. The van der Waals surface area contributed by atoms with Crippen molar-refractivity contribution in [1.82, 2.24) is 9.78 Å². The second-order valence-corrected chi connectivity index (χ2v) is 7.88. The van der Waals surface area contributed by atoms with E-state index in [1.165, 1.54) is 24.3 Å². The molecule has 0 aliphatic heterocycles. The van der Waals surface area contributed by atoms with Crippen molar-refractivity contribution in [2.75, 3.05) is 5.32 Å². The first kappa shape index (κ1) is 23.7. The molecule has 1 amide bonds. The number of rotatable bonds is 5. The van der Waals surface area contributed by atoms with Crippen LogP contribution >= 0.6 is 0 Å². The minimum atomic E-state index is -4.77. The third-order valence-corrected chi connectivity index (χ3v) is 5.31. The molecule has 2 N–H and O–H groups in total. The Hall–Kier alpha value is -4.42. The molecule has 0 fully saturated rings. The van der Waals surface area contributed by atoms with Crippen LogP contribution < -0.4 is 5.32 Å². The average Bonchev–Trinajstić information content (AvgIpc) is 3.31. The number of aromatic nitrogens is 2. The number of halogens is 3. The van der Waals surface area contributed by atoms with Crippen molar-refractivity contribution < 1.29 is 23.1 Å². The quantitative estimate of drug-likeness (QED) is 0.403. The molecule has 35 heavy (non-hydrogen) atoms. The number of aliphatic hydroxyl groups excluding tert-OH is 1. The Bertz CT molecular complexity index is 1420. The van der Waals surface area contributed by atoms with Gasteiger partial charge in [-0.15, -0.1) is 0 Å². The summed E-state index contributed by atoms with van der Waals surface area (Å²) in [7, 11) is 0. The monoisotopic (exact) mass is 476 g/mol. The SMILES string of the molecule is Cc1ccc(C(O)c2cccc(NC(=O)c3cc(C(F)(F)F)nn3-c3cccc(C#N)c3)c2)cc1. The summed E-state index contributed by atoms with van der Waals surface area (Å²) < 4.78 is 41.0. The molecule has 1 aromatic heterocycles. The van der Waals surface area contributed by atoms with E-state index in [4.69, 9.17) is 5.26 Å². The van der Waals surface area contributed by atoms with Crippen LogP contribution in [0.5, 0.6) is 0 Å². The van der Waals surface area contributed by atoms with Crippen LogP contribution in [0.3, 0.4) is 0 Å². The van der Waals surface area contributed by atoms with Crippen molar-refractivity contribution in [2.24, 2.45) is 0 Å². The van der Waals surface area contributed by atoms with Gasteiger partial charge in [-0.2, -0.15) is 23.5 Å². The van der Waals surface area contributed by atoms with Crippen molar-refractivity contribution in [2.45, 2.75) is 19.2 Å².